The van der Waals surface area contributed by atoms with Gasteiger partial charge in [-0.2, -0.15) is 0 Å². The maximum atomic E-state index is 12.2. The lowest BCUT2D eigenvalue weighted by Gasteiger charge is -2.15. The van der Waals surface area contributed by atoms with Gasteiger partial charge in [0.05, 0.1) is 24.4 Å². The maximum Gasteiger partial charge on any atom is 0.243 e. The fourth-order valence-electron chi connectivity index (χ4n) is 2.05. The Kier molecular flexibility index (Phi) is 4.98. The Morgan fingerprint density at radius 3 is 2.81 bits per heavy atom. The first-order valence-electron chi connectivity index (χ1n) is 6.34. The third kappa shape index (κ3) is 3.43. The Labute approximate surface area is 126 Å². The van der Waals surface area contributed by atoms with Crippen molar-refractivity contribution in [2.24, 2.45) is 0 Å². The molecule has 1 aliphatic heterocycles. The predicted octanol–water partition coefficient (Wildman–Crippen LogP) is -0.0839. The number of imide groups is 1. The van der Waals surface area contributed by atoms with Crippen LogP contribution in [0.25, 0.3) is 0 Å². The quantitative estimate of drug-likeness (QED) is 0.683. The maximum absolute atomic E-state index is 12.2. The molecule has 1 heterocycles. The van der Waals surface area contributed by atoms with Crippen LogP contribution in [0.5, 0.6) is 0 Å². The van der Waals surface area contributed by atoms with Gasteiger partial charge in [0, 0.05) is 24.0 Å². The van der Waals surface area contributed by atoms with E-state index >= 15 is 0 Å². The Morgan fingerprint density at radius 1 is 1.43 bits per heavy atom. The van der Waals surface area contributed by atoms with Crippen molar-refractivity contribution in [2.75, 3.05) is 20.3 Å². The summed E-state index contributed by atoms with van der Waals surface area (Å²) in [6, 6.07) is 6.29. The van der Waals surface area contributed by atoms with E-state index in [0.29, 0.717) is 4.90 Å². The van der Waals surface area contributed by atoms with E-state index in [4.69, 9.17) is 4.74 Å². The second kappa shape index (κ2) is 6.73. The van der Waals surface area contributed by atoms with Gasteiger partial charge in [0.2, 0.25) is 11.8 Å². The highest BCUT2D eigenvalue weighted by Crippen LogP contribution is 2.33. The minimum Gasteiger partial charge on any atom is -0.545 e. The zero-order valence-electron chi connectivity index (χ0n) is 11.4. The van der Waals surface area contributed by atoms with Gasteiger partial charge in [-0.15, -0.1) is 11.8 Å². The number of hydrogen-bond donors (Lipinski definition) is 0. The van der Waals surface area contributed by atoms with Crippen molar-refractivity contribution in [3.05, 3.63) is 29.8 Å². The molecule has 1 fully saturated rings. The third-order valence-corrected chi connectivity index (χ3v) is 4.36. The van der Waals surface area contributed by atoms with Crippen LogP contribution in [0.4, 0.5) is 0 Å². The monoisotopic (exact) mass is 308 g/mol. The normalized spacial score (nSPS) is 18.3. The number of methoxy groups -OCH3 is 1. The van der Waals surface area contributed by atoms with Gasteiger partial charge in [-0.25, -0.2) is 0 Å². The average Bonchev–Trinajstić information content (AvgIpc) is 2.72. The van der Waals surface area contributed by atoms with Crippen molar-refractivity contribution in [1.29, 1.82) is 0 Å². The minimum atomic E-state index is -1.30. The zero-order valence-corrected chi connectivity index (χ0v) is 12.2. The summed E-state index contributed by atoms with van der Waals surface area (Å²) < 4.78 is 4.87. The van der Waals surface area contributed by atoms with Gasteiger partial charge in [-0.05, 0) is 6.07 Å². The summed E-state index contributed by atoms with van der Waals surface area (Å²) in [6.07, 6.45) is 0.0641. The molecule has 0 N–H and O–H groups in total. The van der Waals surface area contributed by atoms with Crippen molar-refractivity contribution in [2.45, 2.75) is 16.6 Å². The lowest BCUT2D eigenvalue weighted by atomic mass is 10.2. The fourth-order valence-corrected chi connectivity index (χ4v) is 3.25. The molecular formula is C14H14NO5S-. The van der Waals surface area contributed by atoms with Crippen LogP contribution in [0.2, 0.25) is 0 Å². The summed E-state index contributed by atoms with van der Waals surface area (Å²) in [5.41, 5.74) is 0.0260. The smallest absolute Gasteiger partial charge is 0.243 e. The summed E-state index contributed by atoms with van der Waals surface area (Å²) in [5, 5.41) is 10.4. The molecular weight excluding hydrogens is 294 g/mol. The molecule has 0 spiro atoms. The molecule has 2 rings (SSSR count). The number of carboxylic acid groups (broad SMARTS) is 1. The lowest BCUT2D eigenvalue weighted by Crippen LogP contribution is -2.34. The molecule has 21 heavy (non-hydrogen) atoms. The highest BCUT2D eigenvalue weighted by molar-refractivity contribution is 8.00. The second-order valence-corrected chi connectivity index (χ2v) is 5.72. The fraction of sp³-hybridized carbons (Fsp3) is 0.357. The van der Waals surface area contributed by atoms with Gasteiger partial charge in [-0.1, -0.05) is 18.2 Å². The third-order valence-electron chi connectivity index (χ3n) is 3.10. The number of likely N-dealkylation sites (tertiary alicyclic amines) is 1. The van der Waals surface area contributed by atoms with E-state index in [1.54, 1.807) is 18.2 Å². The molecule has 2 amide bonds. The first-order valence-corrected chi connectivity index (χ1v) is 7.22. The van der Waals surface area contributed by atoms with Crippen molar-refractivity contribution >= 4 is 29.5 Å². The van der Waals surface area contributed by atoms with Crippen LogP contribution in [-0.4, -0.2) is 48.2 Å². The van der Waals surface area contributed by atoms with Crippen molar-refractivity contribution < 1.29 is 24.2 Å². The number of amides is 2. The highest BCUT2D eigenvalue weighted by atomic mass is 32.2. The number of ether oxygens (including phenoxy) is 1. The van der Waals surface area contributed by atoms with E-state index in [1.807, 2.05) is 0 Å². The highest BCUT2D eigenvalue weighted by Gasteiger charge is 2.39. The number of carbonyl (C=O) groups excluding carboxylic acids is 3. The van der Waals surface area contributed by atoms with Crippen LogP contribution in [-0.2, 0) is 14.3 Å². The number of benzene rings is 1. The molecule has 0 aliphatic carbocycles. The Morgan fingerprint density at radius 2 is 2.14 bits per heavy atom. The lowest BCUT2D eigenvalue weighted by molar-refractivity contribution is -0.255. The standard InChI is InChI=1S/C14H15NO5S/c1-20-7-6-15-12(16)8-11(13(15)17)21-10-5-3-2-4-9(10)14(18)19/h2-5,11H,6-8H2,1H3,(H,18,19)/p-1. The molecule has 1 unspecified atom stereocenters. The van der Waals surface area contributed by atoms with Crippen molar-refractivity contribution in [1.82, 2.24) is 4.90 Å². The average molecular weight is 308 g/mol. The van der Waals surface area contributed by atoms with Gasteiger partial charge >= 0.3 is 0 Å². The minimum absolute atomic E-state index is 0.0260. The van der Waals surface area contributed by atoms with Crippen molar-refractivity contribution in [3.63, 3.8) is 0 Å². The topological polar surface area (TPSA) is 86.7 Å². The summed E-state index contributed by atoms with van der Waals surface area (Å²) in [5.74, 6) is -1.87. The van der Waals surface area contributed by atoms with Crippen LogP contribution >= 0.6 is 11.8 Å². The van der Waals surface area contributed by atoms with E-state index in [0.717, 1.165) is 16.7 Å². The van der Waals surface area contributed by atoms with Gasteiger partial charge in [-0.3, -0.25) is 14.5 Å². The number of rotatable bonds is 6. The van der Waals surface area contributed by atoms with Crippen LogP contribution in [0, 0.1) is 0 Å². The molecule has 112 valence electrons. The summed E-state index contributed by atoms with van der Waals surface area (Å²) in [6.45, 7) is 0.498. The van der Waals surface area contributed by atoms with Gasteiger partial charge < -0.3 is 14.6 Å². The Hall–Kier alpha value is -1.86. The molecule has 6 nitrogen and oxygen atoms in total. The van der Waals surface area contributed by atoms with Crippen LogP contribution < -0.4 is 5.11 Å². The molecule has 1 atom stereocenters. The predicted molar refractivity (Wildman–Crippen MR) is 73.6 cm³/mol. The molecule has 1 aliphatic rings. The van der Waals surface area contributed by atoms with E-state index in [9.17, 15) is 19.5 Å². The number of nitrogens with zero attached hydrogens (tertiary/aromatic N) is 1. The molecule has 1 aromatic rings. The second-order valence-electron chi connectivity index (χ2n) is 4.47. The van der Waals surface area contributed by atoms with Gasteiger partial charge in [0.15, 0.2) is 0 Å². The number of aromatic carboxylic acids is 1. The number of carbonyl (C=O) groups is 3. The largest absolute Gasteiger partial charge is 0.545 e. The Bertz CT molecular complexity index is 574. The molecule has 1 aromatic carbocycles. The summed E-state index contributed by atoms with van der Waals surface area (Å²) >= 11 is 1.08. The van der Waals surface area contributed by atoms with Crippen molar-refractivity contribution in [3.8, 4) is 0 Å². The van der Waals surface area contributed by atoms with Crippen LogP contribution in [0.3, 0.4) is 0 Å². The molecule has 0 saturated carbocycles. The molecule has 1 saturated heterocycles. The summed E-state index contributed by atoms with van der Waals surface area (Å²) in [4.78, 5) is 36.6. The molecule has 7 heteroatoms. The van der Waals surface area contributed by atoms with E-state index in [1.165, 1.54) is 13.2 Å². The van der Waals surface area contributed by atoms with E-state index < -0.39 is 11.2 Å². The molecule has 0 aromatic heterocycles. The first-order chi connectivity index (χ1) is 10.0. The van der Waals surface area contributed by atoms with Gasteiger partial charge in [0.25, 0.3) is 0 Å². The SMILES string of the molecule is COCCN1C(=O)CC(Sc2ccccc2C(=O)[O-])C1=O. The molecule has 0 bridgehead atoms. The summed E-state index contributed by atoms with van der Waals surface area (Å²) in [7, 11) is 1.49. The first kappa shape index (κ1) is 15.5. The number of carboxylic acids is 1. The Balaban J connectivity index is 2.13. The zero-order chi connectivity index (χ0) is 15.4. The number of hydrogen-bond acceptors (Lipinski definition) is 6. The van der Waals surface area contributed by atoms with E-state index in [2.05, 4.69) is 0 Å². The van der Waals surface area contributed by atoms with Gasteiger partial charge in [0.1, 0.15) is 0 Å². The number of thioether (sulfide) groups is 1. The van der Waals surface area contributed by atoms with Crippen LogP contribution in [0.1, 0.15) is 16.8 Å². The van der Waals surface area contributed by atoms with Crippen LogP contribution in [0.15, 0.2) is 29.2 Å². The molecule has 0 radical (unpaired) electrons. The van der Waals surface area contributed by atoms with E-state index in [-0.39, 0.29) is 37.0 Å².